The number of hydrogen-bond donors (Lipinski definition) is 1. The summed E-state index contributed by atoms with van der Waals surface area (Å²) in [5.41, 5.74) is 0. The highest BCUT2D eigenvalue weighted by molar-refractivity contribution is 4.93. The van der Waals surface area contributed by atoms with E-state index in [0.29, 0.717) is 0 Å². The van der Waals surface area contributed by atoms with Gasteiger partial charge in [-0.25, -0.2) is 0 Å². The van der Waals surface area contributed by atoms with Crippen molar-refractivity contribution in [3.8, 4) is 0 Å². The van der Waals surface area contributed by atoms with Crippen molar-refractivity contribution in [1.82, 2.24) is 15.1 Å². The molecule has 0 spiro atoms. The van der Waals surface area contributed by atoms with E-state index in [-0.39, 0.29) is 0 Å². The van der Waals surface area contributed by atoms with E-state index in [4.69, 9.17) is 0 Å². The molecule has 2 fully saturated rings. The van der Waals surface area contributed by atoms with E-state index in [0.717, 1.165) is 12.1 Å². The molecule has 15 heavy (non-hydrogen) atoms. The molecule has 88 valence electrons. The van der Waals surface area contributed by atoms with Crippen molar-refractivity contribution in [2.24, 2.45) is 0 Å². The molecule has 1 aliphatic heterocycles. The smallest absolute Gasteiger partial charge is 0.0249 e. The van der Waals surface area contributed by atoms with E-state index in [1.54, 1.807) is 0 Å². The van der Waals surface area contributed by atoms with E-state index in [9.17, 15) is 0 Å². The number of fused-ring (bicyclic) bond motifs is 1. The second kappa shape index (κ2) is 5.28. The molecule has 0 aromatic carbocycles. The highest BCUT2D eigenvalue weighted by Gasteiger charge is 2.34. The van der Waals surface area contributed by atoms with Crippen molar-refractivity contribution in [3.05, 3.63) is 0 Å². The summed E-state index contributed by atoms with van der Waals surface area (Å²) in [6, 6.07) is 1.65. The Balaban J connectivity index is 1.75. The van der Waals surface area contributed by atoms with Gasteiger partial charge in [0, 0.05) is 25.2 Å². The van der Waals surface area contributed by atoms with E-state index in [2.05, 4.69) is 29.2 Å². The zero-order valence-electron chi connectivity index (χ0n) is 10.2. The quantitative estimate of drug-likeness (QED) is 0.741. The predicted octanol–water partition coefficient (Wildman–Crippen LogP) is 0.764. The fourth-order valence-electron chi connectivity index (χ4n) is 3.04. The lowest BCUT2D eigenvalue weighted by Gasteiger charge is -2.38. The van der Waals surface area contributed by atoms with Crippen LogP contribution in [0.1, 0.15) is 25.7 Å². The topological polar surface area (TPSA) is 18.5 Å². The largest absolute Gasteiger partial charge is 0.311 e. The van der Waals surface area contributed by atoms with Crippen molar-refractivity contribution in [2.75, 3.05) is 40.3 Å². The molecule has 0 unspecified atom stereocenters. The van der Waals surface area contributed by atoms with Crippen LogP contribution in [0.4, 0.5) is 0 Å². The number of piperazine rings is 1. The average Bonchev–Trinajstić information content (AvgIpc) is 2.65. The highest BCUT2D eigenvalue weighted by Crippen LogP contribution is 2.26. The molecule has 3 heteroatoms. The number of rotatable bonds is 4. The van der Waals surface area contributed by atoms with Crippen LogP contribution in [0.3, 0.4) is 0 Å². The Bertz CT molecular complexity index is 193. The van der Waals surface area contributed by atoms with Gasteiger partial charge in [-0.1, -0.05) is 6.42 Å². The van der Waals surface area contributed by atoms with Crippen LogP contribution in [0.2, 0.25) is 0 Å². The third-order valence-electron chi connectivity index (χ3n) is 3.80. The van der Waals surface area contributed by atoms with Crippen LogP contribution in [0, 0.1) is 0 Å². The first-order chi connectivity index (χ1) is 7.27. The summed E-state index contributed by atoms with van der Waals surface area (Å²) in [5, 5.41) is 3.66. The minimum Gasteiger partial charge on any atom is -0.311 e. The molecule has 1 saturated heterocycles. The maximum absolute atomic E-state index is 3.66. The molecule has 1 aliphatic carbocycles. The lowest BCUT2D eigenvalue weighted by atomic mass is 10.1. The molecule has 1 saturated carbocycles. The Labute approximate surface area is 93.8 Å². The summed E-state index contributed by atoms with van der Waals surface area (Å²) in [6.45, 7) is 4.97. The SMILES string of the molecule is CN(C)CCCN1CCN[C@H]2CCC[C@@H]21. The van der Waals surface area contributed by atoms with Gasteiger partial charge >= 0.3 is 0 Å². The van der Waals surface area contributed by atoms with Gasteiger partial charge < -0.3 is 10.2 Å². The number of hydrogen-bond acceptors (Lipinski definition) is 3. The summed E-state index contributed by atoms with van der Waals surface area (Å²) >= 11 is 0. The van der Waals surface area contributed by atoms with Crippen LogP contribution in [0.5, 0.6) is 0 Å². The average molecular weight is 211 g/mol. The van der Waals surface area contributed by atoms with Gasteiger partial charge in [0.05, 0.1) is 0 Å². The minimum atomic E-state index is 0.804. The number of nitrogens with zero attached hydrogens (tertiary/aromatic N) is 2. The first-order valence-corrected chi connectivity index (χ1v) is 6.39. The molecule has 1 heterocycles. The Morgan fingerprint density at radius 2 is 2.20 bits per heavy atom. The fourth-order valence-corrected chi connectivity index (χ4v) is 3.04. The zero-order chi connectivity index (χ0) is 10.7. The molecule has 2 atom stereocenters. The molecule has 0 bridgehead atoms. The summed E-state index contributed by atoms with van der Waals surface area (Å²) < 4.78 is 0. The molecule has 3 nitrogen and oxygen atoms in total. The fraction of sp³-hybridized carbons (Fsp3) is 1.00. The molecule has 0 radical (unpaired) electrons. The van der Waals surface area contributed by atoms with Crippen molar-refractivity contribution in [1.29, 1.82) is 0 Å². The summed E-state index contributed by atoms with van der Waals surface area (Å²) in [4.78, 5) is 5.01. The van der Waals surface area contributed by atoms with Crippen molar-refractivity contribution in [3.63, 3.8) is 0 Å². The van der Waals surface area contributed by atoms with Crippen molar-refractivity contribution >= 4 is 0 Å². The Morgan fingerprint density at radius 3 is 3.00 bits per heavy atom. The van der Waals surface area contributed by atoms with Crippen molar-refractivity contribution in [2.45, 2.75) is 37.8 Å². The van der Waals surface area contributed by atoms with Crippen LogP contribution in [-0.2, 0) is 0 Å². The van der Waals surface area contributed by atoms with E-state index in [1.165, 1.54) is 51.9 Å². The van der Waals surface area contributed by atoms with Crippen LogP contribution < -0.4 is 5.32 Å². The Kier molecular flexibility index (Phi) is 4.00. The minimum absolute atomic E-state index is 0.804. The first kappa shape index (κ1) is 11.4. The monoisotopic (exact) mass is 211 g/mol. The molecule has 0 amide bonds. The maximum atomic E-state index is 3.66. The van der Waals surface area contributed by atoms with Crippen LogP contribution in [0.25, 0.3) is 0 Å². The zero-order valence-corrected chi connectivity index (χ0v) is 10.2. The molecule has 1 N–H and O–H groups in total. The van der Waals surface area contributed by atoms with Gasteiger partial charge in [0.2, 0.25) is 0 Å². The van der Waals surface area contributed by atoms with Crippen LogP contribution in [-0.4, -0.2) is 62.2 Å². The van der Waals surface area contributed by atoms with Crippen molar-refractivity contribution < 1.29 is 0 Å². The van der Waals surface area contributed by atoms with Crippen LogP contribution in [0.15, 0.2) is 0 Å². The molecular weight excluding hydrogens is 186 g/mol. The third kappa shape index (κ3) is 2.92. The van der Waals surface area contributed by atoms with E-state index in [1.807, 2.05) is 0 Å². The van der Waals surface area contributed by atoms with Gasteiger partial charge in [-0.05, 0) is 46.4 Å². The molecule has 2 rings (SSSR count). The standard InChI is InChI=1S/C12H25N3/c1-14(2)8-4-9-15-10-7-13-11-5-3-6-12(11)15/h11-13H,3-10H2,1-2H3/t11-,12-/m0/s1. The van der Waals surface area contributed by atoms with Gasteiger partial charge in [-0.3, -0.25) is 4.90 Å². The molecule has 0 aromatic rings. The van der Waals surface area contributed by atoms with Gasteiger partial charge in [-0.15, -0.1) is 0 Å². The van der Waals surface area contributed by atoms with Crippen LogP contribution >= 0.6 is 0 Å². The first-order valence-electron chi connectivity index (χ1n) is 6.39. The summed E-state index contributed by atoms with van der Waals surface area (Å²) in [6.07, 6.45) is 5.55. The highest BCUT2D eigenvalue weighted by atomic mass is 15.2. The normalized spacial score (nSPS) is 32.2. The third-order valence-corrected chi connectivity index (χ3v) is 3.80. The number of nitrogens with one attached hydrogen (secondary N) is 1. The molecule has 2 aliphatic rings. The van der Waals surface area contributed by atoms with Gasteiger partial charge in [0.25, 0.3) is 0 Å². The summed E-state index contributed by atoms with van der Waals surface area (Å²) in [7, 11) is 4.33. The Hall–Kier alpha value is -0.120. The summed E-state index contributed by atoms with van der Waals surface area (Å²) in [5.74, 6) is 0. The van der Waals surface area contributed by atoms with E-state index < -0.39 is 0 Å². The predicted molar refractivity (Wildman–Crippen MR) is 64.2 cm³/mol. The lowest BCUT2D eigenvalue weighted by Crippen LogP contribution is -2.55. The second-order valence-electron chi connectivity index (χ2n) is 5.25. The lowest BCUT2D eigenvalue weighted by molar-refractivity contribution is 0.132. The van der Waals surface area contributed by atoms with E-state index >= 15 is 0 Å². The molecule has 0 aromatic heterocycles. The van der Waals surface area contributed by atoms with Gasteiger partial charge in [0.1, 0.15) is 0 Å². The Morgan fingerprint density at radius 1 is 1.33 bits per heavy atom. The second-order valence-corrected chi connectivity index (χ2v) is 5.25. The van der Waals surface area contributed by atoms with Gasteiger partial charge in [-0.2, -0.15) is 0 Å². The molecular formula is C12H25N3. The maximum Gasteiger partial charge on any atom is 0.0249 e. The van der Waals surface area contributed by atoms with Gasteiger partial charge in [0.15, 0.2) is 0 Å².